The number of ether oxygens (including phenoxy) is 2. The summed E-state index contributed by atoms with van der Waals surface area (Å²) < 4.78 is 16.1. The Hall–Kier alpha value is -2.27. The maximum Gasteiger partial charge on any atom is 0.161 e. The van der Waals surface area contributed by atoms with Gasteiger partial charge < -0.3 is 13.9 Å². The molecule has 0 bridgehead atoms. The number of furan rings is 1. The van der Waals surface area contributed by atoms with Crippen LogP contribution in [0.5, 0.6) is 11.5 Å². The third kappa shape index (κ3) is 2.52. The summed E-state index contributed by atoms with van der Waals surface area (Å²) in [7, 11) is 3.25. The molecule has 3 rings (SSSR count). The molecule has 108 valence electrons. The van der Waals surface area contributed by atoms with Crippen molar-refractivity contribution in [2.24, 2.45) is 0 Å². The molecule has 0 aliphatic rings. The van der Waals surface area contributed by atoms with Gasteiger partial charge in [-0.3, -0.25) is 0 Å². The first-order valence-corrected chi connectivity index (χ1v) is 7.28. The molecule has 0 radical (unpaired) electrons. The zero-order chi connectivity index (χ0) is 14.8. The molecule has 0 aliphatic carbocycles. The van der Waals surface area contributed by atoms with Crippen LogP contribution in [0, 0.1) is 6.92 Å². The molecule has 0 N–H and O–H groups in total. The summed E-state index contributed by atoms with van der Waals surface area (Å²) in [4.78, 5) is 5.65. The number of methoxy groups -OCH3 is 2. The summed E-state index contributed by atoms with van der Waals surface area (Å²) >= 11 is 1.61. The van der Waals surface area contributed by atoms with Gasteiger partial charge in [0.25, 0.3) is 0 Å². The summed E-state index contributed by atoms with van der Waals surface area (Å²) in [6.45, 7) is 1.99. The Kier molecular flexibility index (Phi) is 3.66. The van der Waals surface area contributed by atoms with Gasteiger partial charge in [0.2, 0.25) is 0 Å². The minimum Gasteiger partial charge on any atom is -0.493 e. The Bertz CT molecular complexity index is 747. The van der Waals surface area contributed by atoms with Crippen molar-refractivity contribution in [3.8, 4) is 33.4 Å². The number of hydrogen-bond acceptors (Lipinski definition) is 5. The maximum absolute atomic E-state index is 5.51. The monoisotopic (exact) mass is 301 g/mol. The molecule has 0 spiro atoms. The van der Waals surface area contributed by atoms with Crippen molar-refractivity contribution in [1.29, 1.82) is 0 Å². The Morgan fingerprint density at radius 2 is 1.90 bits per heavy atom. The molecule has 0 atom stereocenters. The minimum absolute atomic E-state index is 0.686. The normalized spacial score (nSPS) is 10.6. The average Bonchev–Trinajstić information content (AvgIpc) is 3.15. The predicted molar refractivity (Wildman–Crippen MR) is 83.1 cm³/mol. The van der Waals surface area contributed by atoms with Gasteiger partial charge >= 0.3 is 0 Å². The van der Waals surface area contributed by atoms with Crippen molar-refractivity contribution in [3.63, 3.8) is 0 Å². The van der Waals surface area contributed by atoms with Gasteiger partial charge in [-0.05, 0) is 37.3 Å². The number of thiazole rings is 1. The fraction of sp³-hybridized carbons (Fsp3) is 0.188. The molecule has 2 aromatic heterocycles. The van der Waals surface area contributed by atoms with Gasteiger partial charge in [0.15, 0.2) is 11.5 Å². The third-order valence-electron chi connectivity index (χ3n) is 3.14. The van der Waals surface area contributed by atoms with E-state index in [1.807, 2.05) is 37.3 Å². The van der Waals surface area contributed by atoms with Gasteiger partial charge in [-0.25, -0.2) is 4.98 Å². The van der Waals surface area contributed by atoms with Crippen molar-refractivity contribution in [2.45, 2.75) is 6.92 Å². The highest BCUT2D eigenvalue weighted by atomic mass is 32.1. The van der Waals surface area contributed by atoms with E-state index in [0.29, 0.717) is 11.5 Å². The zero-order valence-electron chi connectivity index (χ0n) is 12.0. The summed E-state index contributed by atoms with van der Waals surface area (Å²) in [6.07, 6.45) is 1.67. The number of nitrogens with zero attached hydrogens (tertiary/aromatic N) is 1. The maximum atomic E-state index is 5.51. The highest BCUT2D eigenvalue weighted by Gasteiger charge is 2.17. The van der Waals surface area contributed by atoms with Crippen LogP contribution in [0.3, 0.4) is 0 Å². The van der Waals surface area contributed by atoms with Crippen LogP contribution in [0.4, 0.5) is 0 Å². The third-order valence-corrected chi connectivity index (χ3v) is 4.12. The molecule has 0 amide bonds. The smallest absolute Gasteiger partial charge is 0.161 e. The molecule has 1 aromatic carbocycles. The topological polar surface area (TPSA) is 44.5 Å². The van der Waals surface area contributed by atoms with Crippen LogP contribution in [0.1, 0.15) is 5.01 Å². The van der Waals surface area contributed by atoms with Crippen molar-refractivity contribution in [2.75, 3.05) is 14.2 Å². The largest absolute Gasteiger partial charge is 0.493 e. The van der Waals surface area contributed by atoms with Gasteiger partial charge in [-0.1, -0.05) is 0 Å². The first kappa shape index (κ1) is 13.7. The highest BCUT2D eigenvalue weighted by molar-refractivity contribution is 7.15. The standard InChI is InChI=1S/C16H15NO3S/c1-10-17-15(16(21-10)13-5-4-8-20-13)11-6-7-12(18-2)14(9-11)19-3/h4-9H,1-3H3. The van der Waals surface area contributed by atoms with Crippen LogP contribution in [0.25, 0.3) is 21.9 Å². The Balaban J connectivity index is 2.13. The Morgan fingerprint density at radius 1 is 1.10 bits per heavy atom. The van der Waals surface area contributed by atoms with Crippen LogP contribution >= 0.6 is 11.3 Å². The molecule has 0 saturated carbocycles. The van der Waals surface area contributed by atoms with Crippen molar-refractivity contribution >= 4 is 11.3 Å². The molecule has 4 nitrogen and oxygen atoms in total. The van der Waals surface area contributed by atoms with E-state index >= 15 is 0 Å². The second kappa shape index (κ2) is 5.61. The molecular weight excluding hydrogens is 286 g/mol. The molecule has 0 unspecified atom stereocenters. The summed E-state index contributed by atoms with van der Waals surface area (Å²) in [5.41, 5.74) is 1.87. The fourth-order valence-corrected chi connectivity index (χ4v) is 3.09. The Morgan fingerprint density at radius 3 is 2.57 bits per heavy atom. The van der Waals surface area contributed by atoms with E-state index in [-0.39, 0.29) is 0 Å². The molecule has 0 aliphatic heterocycles. The van der Waals surface area contributed by atoms with E-state index in [4.69, 9.17) is 13.9 Å². The van der Waals surface area contributed by atoms with Gasteiger partial charge in [-0.2, -0.15) is 0 Å². The first-order chi connectivity index (χ1) is 10.2. The van der Waals surface area contributed by atoms with Crippen LogP contribution in [-0.2, 0) is 0 Å². The van der Waals surface area contributed by atoms with Crippen LogP contribution in [-0.4, -0.2) is 19.2 Å². The second-order valence-electron chi connectivity index (χ2n) is 4.46. The predicted octanol–water partition coefficient (Wildman–Crippen LogP) is 4.40. The highest BCUT2D eigenvalue weighted by Crippen LogP contribution is 2.39. The number of aromatic nitrogens is 1. The lowest BCUT2D eigenvalue weighted by Gasteiger charge is -2.09. The fourth-order valence-electron chi connectivity index (χ4n) is 2.18. The summed E-state index contributed by atoms with van der Waals surface area (Å²) in [5.74, 6) is 2.21. The molecule has 5 heteroatoms. The van der Waals surface area contributed by atoms with Gasteiger partial charge in [0, 0.05) is 5.56 Å². The van der Waals surface area contributed by atoms with E-state index in [1.165, 1.54) is 0 Å². The first-order valence-electron chi connectivity index (χ1n) is 6.46. The summed E-state index contributed by atoms with van der Waals surface area (Å²) in [5, 5.41) is 0.992. The van der Waals surface area contributed by atoms with E-state index in [1.54, 1.807) is 31.8 Å². The SMILES string of the molecule is COc1ccc(-c2nc(C)sc2-c2ccco2)cc1OC. The van der Waals surface area contributed by atoms with Gasteiger partial charge in [0.1, 0.15) is 5.76 Å². The lowest BCUT2D eigenvalue weighted by atomic mass is 10.1. The molecule has 0 saturated heterocycles. The lowest BCUT2D eigenvalue weighted by molar-refractivity contribution is 0.355. The second-order valence-corrected chi connectivity index (χ2v) is 5.66. The van der Waals surface area contributed by atoms with Crippen molar-refractivity contribution in [1.82, 2.24) is 4.98 Å². The minimum atomic E-state index is 0.686. The lowest BCUT2D eigenvalue weighted by Crippen LogP contribution is -1.91. The number of rotatable bonds is 4. The Labute approximate surface area is 127 Å². The molecule has 2 heterocycles. The van der Waals surface area contributed by atoms with Gasteiger partial charge in [0.05, 0.1) is 36.1 Å². The van der Waals surface area contributed by atoms with E-state index in [2.05, 4.69) is 4.98 Å². The summed E-state index contributed by atoms with van der Waals surface area (Å²) in [6, 6.07) is 9.61. The van der Waals surface area contributed by atoms with Crippen LogP contribution in [0.2, 0.25) is 0 Å². The quantitative estimate of drug-likeness (QED) is 0.716. The van der Waals surface area contributed by atoms with Gasteiger partial charge in [-0.15, -0.1) is 11.3 Å². The van der Waals surface area contributed by atoms with Crippen molar-refractivity contribution in [3.05, 3.63) is 41.6 Å². The molecular formula is C16H15NO3S. The van der Waals surface area contributed by atoms with E-state index < -0.39 is 0 Å². The number of benzene rings is 1. The number of hydrogen-bond donors (Lipinski definition) is 0. The molecule has 0 fully saturated rings. The molecule has 3 aromatic rings. The average molecular weight is 301 g/mol. The van der Waals surface area contributed by atoms with Crippen LogP contribution in [0.15, 0.2) is 41.0 Å². The zero-order valence-corrected chi connectivity index (χ0v) is 12.9. The van der Waals surface area contributed by atoms with E-state index in [9.17, 15) is 0 Å². The number of aryl methyl sites for hydroxylation is 1. The van der Waals surface area contributed by atoms with Crippen LogP contribution < -0.4 is 9.47 Å². The van der Waals surface area contributed by atoms with Crippen molar-refractivity contribution < 1.29 is 13.9 Å². The molecule has 21 heavy (non-hydrogen) atoms. The van der Waals surface area contributed by atoms with E-state index in [0.717, 1.165) is 26.9 Å².